The number of aliphatic hydroxyl groups is 1. The largest absolute Gasteiger partial charge is 0.457 e. The molecule has 0 aliphatic heterocycles. The average Bonchev–Trinajstić information content (AvgIpc) is 3.25. The fourth-order valence-corrected chi connectivity index (χ4v) is 5.97. The Morgan fingerprint density at radius 1 is 1.11 bits per heavy atom. The van der Waals surface area contributed by atoms with Gasteiger partial charge in [-0.25, -0.2) is 4.98 Å². The first-order valence-corrected chi connectivity index (χ1v) is 12.9. The number of benzene rings is 2. The number of rotatable bonds is 5. The Balaban J connectivity index is 1.36. The summed E-state index contributed by atoms with van der Waals surface area (Å²) in [5, 5.41) is 14.0. The molecule has 0 saturated heterocycles. The van der Waals surface area contributed by atoms with Crippen LogP contribution in [0.3, 0.4) is 0 Å². The first-order valence-electron chi connectivity index (χ1n) is 12.1. The van der Waals surface area contributed by atoms with Gasteiger partial charge >= 0.3 is 0 Å². The van der Waals surface area contributed by atoms with Gasteiger partial charge in [0.2, 0.25) is 0 Å². The smallest absolute Gasteiger partial charge is 0.263 e. The molecule has 1 saturated carbocycles. The Labute approximate surface area is 211 Å². The van der Waals surface area contributed by atoms with Crippen molar-refractivity contribution in [3.8, 4) is 17.2 Å². The number of thiophene rings is 1. The molecule has 3 heterocycles. The molecular weight excluding hydrogens is 472 g/mol. The molecule has 2 unspecified atom stereocenters. The fraction of sp³-hybridized carbons (Fsp3) is 0.214. The Morgan fingerprint density at radius 2 is 1.89 bits per heavy atom. The van der Waals surface area contributed by atoms with Gasteiger partial charge in [0.05, 0.1) is 22.5 Å². The minimum Gasteiger partial charge on any atom is -0.457 e. The summed E-state index contributed by atoms with van der Waals surface area (Å²) in [6.07, 6.45) is 4.59. The van der Waals surface area contributed by atoms with Crippen molar-refractivity contribution in [3.63, 3.8) is 0 Å². The molecule has 1 fully saturated rings. The number of ether oxygens (including phenoxy) is 1. The molecular formula is C28H26N4O3S. The number of nitrogens with one attached hydrogen (secondary N) is 2. The van der Waals surface area contributed by atoms with E-state index in [4.69, 9.17) is 4.74 Å². The van der Waals surface area contributed by atoms with Crippen molar-refractivity contribution in [2.24, 2.45) is 0 Å². The third kappa shape index (κ3) is 4.19. The maximum Gasteiger partial charge on any atom is 0.263 e. The van der Waals surface area contributed by atoms with Crippen LogP contribution in [0.2, 0.25) is 0 Å². The van der Waals surface area contributed by atoms with Gasteiger partial charge in [0, 0.05) is 17.9 Å². The second-order valence-corrected chi connectivity index (χ2v) is 10.1. The molecule has 6 rings (SSSR count). The van der Waals surface area contributed by atoms with Crippen molar-refractivity contribution in [1.82, 2.24) is 19.9 Å². The van der Waals surface area contributed by atoms with Crippen LogP contribution in [0.5, 0.6) is 11.5 Å². The van der Waals surface area contributed by atoms with Crippen molar-refractivity contribution in [2.45, 2.75) is 37.8 Å². The first-order chi connectivity index (χ1) is 17.6. The zero-order chi connectivity index (χ0) is 24.6. The van der Waals surface area contributed by atoms with Crippen molar-refractivity contribution in [1.29, 1.82) is 0 Å². The number of hydrogen-bond donors (Lipinski definition) is 3. The molecule has 1 aliphatic carbocycles. The molecule has 0 bridgehead atoms. The lowest BCUT2D eigenvalue weighted by Crippen LogP contribution is -2.39. The van der Waals surface area contributed by atoms with Gasteiger partial charge in [-0.05, 0) is 68.1 Å². The van der Waals surface area contributed by atoms with Crippen LogP contribution in [0.15, 0.2) is 66.9 Å². The fourth-order valence-electron chi connectivity index (χ4n) is 4.95. The van der Waals surface area contributed by atoms with Gasteiger partial charge in [-0.1, -0.05) is 24.8 Å². The van der Waals surface area contributed by atoms with Crippen LogP contribution in [0.4, 0.5) is 0 Å². The molecule has 3 N–H and O–H groups in total. The lowest BCUT2D eigenvalue weighted by Gasteiger charge is -2.26. The van der Waals surface area contributed by atoms with Crippen LogP contribution in [0.1, 0.15) is 35.4 Å². The maximum atomic E-state index is 13.2. The lowest BCUT2D eigenvalue weighted by atomic mass is 9.93. The van der Waals surface area contributed by atoms with Gasteiger partial charge in [-0.15, -0.1) is 11.3 Å². The van der Waals surface area contributed by atoms with Crippen LogP contribution in [0.25, 0.3) is 33.5 Å². The third-order valence-electron chi connectivity index (χ3n) is 6.61. The highest BCUT2D eigenvalue weighted by molar-refractivity contribution is 7.21. The van der Waals surface area contributed by atoms with E-state index in [1.165, 1.54) is 11.3 Å². The second-order valence-electron chi connectivity index (χ2n) is 9.12. The Kier molecular flexibility index (Phi) is 5.83. The Hall–Kier alpha value is -3.88. The van der Waals surface area contributed by atoms with Crippen molar-refractivity contribution < 1.29 is 14.6 Å². The van der Waals surface area contributed by atoms with Crippen molar-refractivity contribution in [3.05, 3.63) is 77.2 Å². The van der Waals surface area contributed by atoms with Gasteiger partial charge in [-0.2, -0.15) is 0 Å². The predicted molar refractivity (Wildman–Crippen MR) is 143 cm³/mol. The summed E-state index contributed by atoms with van der Waals surface area (Å²) in [4.78, 5) is 22.5. The number of amides is 1. The van der Waals surface area contributed by atoms with E-state index < -0.39 is 0 Å². The highest BCUT2D eigenvalue weighted by Gasteiger charge is 2.25. The number of para-hydroxylation sites is 1. The standard InChI is InChI=1S/C28H26N4O3S/c1-17-30-25-24-23(32(17)19-10-12-22(13-11-19)35-21-8-3-2-4-9-21)14-15-29-28(24)36-26(25)27(34)31-18-6-5-7-20(33)16-18/h2-4,8-15,18,20,30,33H,1,5-7,16H2,(H,31,34). The Bertz CT molecular complexity index is 1600. The van der Waals surface area contributed by atoms with E-state index in [2.05, 4.69) is 21.9 Å². The molecule has 3 aromatic heterocycles. The molecule has 36 heavy (non-hydrogen) atoms. The summed E-state index contributed by atoms with van der Waals surface area (Å²) in [6, 6.07) is 19.4. The highest BCUT2D eigenvalue weighted by Crippen LogP contribution is 2.34. The molecule has 2 aromatic carbocycles. The summed E-state index contributed by atoms with van der Waals surface area (Å²) in [5.41, 5.74) is 3.21. The maximum absolute atomic E-state index is 13.2. The van der Waals surface area contributed by atoms with Crippen LogP contribution in [0, 0.1) is 0 Å². The number of aromatic nitrogens is 3. The SMILES string of the molecule is C=c1[nH]c2c(C(=O)NC3CCCC(O)C3)sc3nccc(c32)n1-c1ccc(Oc2ccccc2)cc1. The van der Waals surface area contributed by atoms with Crippen molar-refractivity contribution >= 4 is 45.1 Å². The van der Waals surface area contributed by atoms with E-state index in [-0.39, 0.29) is 18.1 Å². The number of aliphatic hydroxyl groups excluding tert-OH is 1. The molecule has 1 amide bonds. The molecule has 5 aromatic rings. The normalized spacial score (nSPS) is 17.9. The molecule has 2 atom stereocenters. The number of H-pyrrole nitrogens is 1. The number of pyridine rings is 1. The van der Waals surface area contributed by atoms with E-state index >= 15 is 0 Å². The summed E-state index contributed by atoms with van der Waals surface area (Å²) in [5.74, 6) is 1.37. The zero-order valence-corrected chi connectivity index (χ0v) is 20.4. The van der Waals surface area contributed by atoms with E-state index in [1.54, 1.807) is 6.20 Å². The topological polar surface area (TPSA) is 92.2 Å². The summed E-state index contributed by atoms with van der Waals surface area (Å²) in [6.45, 7) is 4.26. The minimum absolute atomic E-state index is 0.0222. The molecule has 0 radical (unpaired) electrons. The minimum atomic E-state index is -0.353. The predicted octanol–water partition coefficient (Wildman–Crippen LogP) is 5.09. The molecule has 0 spiro atoms. The van der Waals surface area contributed by atoms with Crippen molar-refractivity contribution in [2.75, 3.05) is 0 Å². The van der Waals surface area contributed by atoms with E-state index in [1.807, 2.05) is 65.2 Å². The van der Waals surface area contributed by atoms with Gasteiger partial charge in [0.1, 0.15) is 26.7 Å². The molecule has 7 nitrogen and oxygen atoms in total. The Morgan fingerprint density at radius 3 is 2.67 bits per heavy atom. The van der Waals surface area contributed by atoms with Gasteiger partial charge < -0.3 is 20.1 Å². The zero-order valence-electron chi connectivity index (χ0n) is 19.6. The van der Waals surface area contributed by atoms with E-state index in [9.17, 15) is 9.90 Å². The molecule has 182 valence electrons. The molecule has 8 heteroatoms. The summed E-state index contributed by atoms with van der Waals surface area (Å²) >= 11 is 1.37. The van der Waals surface area contributed by atoms with Crippen LogP contribution >= 0.6 is 11.3 Å². The number of hydrogen-bond acceptors (Lipinski definition) is 5. The number of aromatic amines is 1. The van der Waals surface area contributed by atoms with E-state index in [0.717, 1.165) is 57.7 Å². The van der Waals surface area contributed by atoms with Gasteiger partial charge in [0.15, 0.2) is 0 Å². The quantitative estimate of drug-likeness (QED) is 0.315. The summed E-state index contributed by atoms with van der Waals surface area (Å²) < 4.78 is 7.96. The lowest BCUT2D eigenvalue weighted by molar-refractivity contribution is 0.0854. The highest BCUT2D eigenvalue weighted by atomic mass is 32.1. The monoisotopic (exact) mass is 498 g/mol. The molecule has 1 aliphatic rings. The van der Waals surface area contributed by atoms with Crippen LogP contribution < -0.4 is 15.5 Å². The van der Waals surface area contributed by atoms with Gasteiger partial charge in [-0.3, -0.25) is 9.36 Å². The van der Waals surface area contributed by atoms with Crippen LogP contribution in [-0.4, -0.2) is 37.7 Å². The summed E-state index contributed by atoms with van der Waals surface area (Å²) in [7, 11) is 0. The third-order valence-corrected chi connectivity index (χ3v) is 7.71. The van der Waals surface area contributed by atoms with Crippen LogP contribution in [-0.2, 0) is 0 Å². The second kappa shape index (κ2) is 9.29. The van der Waals surface area contributed by atoms with Gasteiger partial charge in [0.25, 0.3) is 5.91 Å². The van der Waals surface area contributed by atoms with E-state index in [0.29, 0.717) is 16.8 Å². The number of carbonyl (C=O) groups is 1. The number of carbonyl (C=O) groups excluding carboxylic acids is 1. The number of nitrogens with zero attached hydrogens (tertiary/aromatic N) is 2. The first kappa shape index (κ1) is 22.6. The average molecular weight is 499 g/mol.